The van der Waals surface area contributed by atoms with E-state index in [-0.39, 0.29) is 10.6 Å². The van der Waals surface area contributed by atoms with Gasteiger partial charge in [0.1, 0.15) is 0 Å². The molecule has 2 rings (SSSR count). The second kappa shape index (κ2) is 7.61. The summed E-state index contributed by atoms with van der Waals surface area (Å²) >= 11 is 0. The van der Waals surface area contributed by atoms with Crippen LogP contribution in [0.2, 0.25) is 0 Å². The molecule has 0 atom stereocenters. The SMILES string of the molecule is CC(C)(CC1CCN(Cc2cccc([N+](=O)[O-])c2)CC1)NC(=O)O. The molecule has 0 radical (unpaired) electrons. The van der Waals surface area contributed by atoms with Crippen molar-refractivity contribution in [1.29, 1.82) is 0 Å². The molecule has 24 heavy (non-hydrogen) atoms. The fourth-order valence-corrected chi connectivity index (χ4v) is 3.44. The molecule has 1 aromatic rings. The molecule has 0 saturated carbocycles. The van der Waals surface area contributed by atoms with E-state index in [1.807, 2.05) is 19.9 Å². The minimum atomic E-state index is -0.983. The Morgan fingerprint density at radius 1 is 1.42 bits per heavy atom. The third-order valence-corrected chi connectivity index (χ3v) is 4.48. The van der Waals surface area contributed by atoms with Gasteiger partial charge in [0.15, 0.2) is 0 Å². The van der Waals surface area contributed by atoms with Crippen LogP contribution in [0, 0.1) is 16.0 Å². The van der Waals surface area contributed by atoms with Crippen molar-refractivity contribution in [3.63, 3.8) is 0 Å². The van der Waals surface area contributed by atoms with Crippen LogP contribution in [0.4, 0.5) is 10.5 Å². The maximum Gasteiger partial charge on any atom is 0.405 e. The number of likely N-dealkylation sites (tertiary alicyclic amines) is 1. The predicted octanol–water partition coefficient (Wildman–Crippen LogP) is 3.24. The summed E-state index contributed by atoms with van der Waals surface area (Å²) in [4.78, 5) is 23.6. The number of rotatable bonds is 6. The molecular weight excluding hydrogens is 310 g/mol. The zero-order valence-corrected chi connectivity index (χ0v) is 14.2. The number of carbonyl (C=O) groups is 1. The molecule has 1 amide bonds. The number of non-ortho nitro benzene ring substituents is 1. The Morgan fingerprint density at radius 3 is 2.67 bits per heavy atom. The van der Waals surface area contributed by atoms with Crippen molar-refractivity contribution in [3.8, 4) is 0 Å². The van der Waals surface area contributed by atoms with Gasteiger partial charge >= 0.3 is 6.09 Å². The fourth-order valence-electron chi connectivity index (χ4n) is 3.44. The molecular formula is C17H25N3O4. The van der Waals surface area contributed by atoms with E-state index in [1.165, 1.54) is 6.07 Å². The Kier molecular flexibility index (Phi) is 5.77. The normalized spacial score (nSPS) is 16.8. The van der Waals surface area contributed by atoms with Gasteiger partial charge in [-0.15, -0.1) is 0 Å². The monoisotopic (exact) mass is 335 g/mol. The van der Waals surface area contributed by atoms with Crippen LogP contribution in [0.1, 0.15) is 38.7 Å². The van der Waals surface area contributed by atoms with Gasteiger partial charge in [-0.25, -0.2) is 4.79 Å². The van der Waals surface area contributed by atoms with E-state index in [1.54, 1.807) is 12.1 Å². The number of nitro benzene ring substituents is 1. The van der Waals surface area contributed by atoms with Gasteiger partial charge in [0, 0.05) is 24.2 Å². The van der Waals surface area contributed by atoms with Crippen molar-refractivity contribution in [2.75, 3.05) is 13.1 Å². The number of piperidine rings is 1. The lowest BCUT2D eigenvalue weighted by atomic mass is 9.84. The third-order valence-electron chi connectivity index (χ3n) is 4.48. The quantitative estimate of drug-likeness (QED) is 0.614. The minimum Gasteiger partial charge on any atom is -0.465 e. The summed E-state index contributed by atoms with van der Waals surface area (Å²) in [6, 6.07) is 6.78. The second-order valence-corrected chi connectivity index (χ2v) is 7.16. The summed E-state index contributed by atoms with van der Waals surface area (Å²) < 4.78 is 0. The molecule has 1 aromatic carbocycles. The van der Waals surface area contributed by atoms with Crippen molar-refractivity contribution in [2.45, 2.75) is 45.2 Å². The average Bonchev–Trinajstić information content (AvgIpc) is 2.48. The van der Waals surface area contributed by atoms with Gasteiger partial charge in [-0.1, -0.05) is 12.1 Å². The zero-order chi connectivity index (χ0) is 17.7. The van der Waals surface area contributed by atoms with Gasteiger partial charge in [-0.3, -0.25) is 15.0 Å². The van der Waals surface area contributed by atoms with E-state index in [0.717, 1.165) is 37.9 Å². The molecule has 0 aromatic heterocycles. The smallest absolute Gasteiger partial charge is 0.405 e. The highest BCUT2D eigenvalue weighted by molar-refractivity contribution is 5.65. The van der Waals surface area contributed by atoms with E-state index in [9.17, 15) is 14.9 Å². The molecule has 0 bridgehead atoms. The van der Waals surface area contributed by atoms with Crippen molar-refractivity contribution >= 4 is 11.8 Å². The summed E-state index contributed by atoms with van der Waals surface area (Å²) in [6.07, 6.45) is 1.87. The van der Waals surface area contributed by atoms with E-state index in [0.29, 0.717) is 12.5 Å². The maximum atomic E-state index is 10.8. The van der Waals surface area contributed by atoms with E-state index < -0.39 is 11.6 Å². The second-order valence-electron chi connectivity index (χ2n) is 7.16. The summed E-state index contributed by atoms with van der Waals surface area (Å²) in [5.41, 5.74) is 0.665. The number of carboxylic acid groups (broad SMARTS) is 1. The highest BCUT2D eigenvalue weighted by Crippen LogP contribution is 2.27. The van der Waals surface area contributed by atoms with Crippen LogP contribution in [-0.4, -0.2) is 39.7 Å². The van der Waals surface area contributed by atoms with Crippen LogP contribution in [0.15, 0.2) is 24.3 Å². The molecule has 2 N–H and O–H groups in total. The lowest BCUT2D eigenvalue weighted by molar-refractivity contribution is -0.384. The summed E-state index contributed by atoms with van der Waals surface area (Å²) in [5, 5.41) is 22.3. The third kappa shape index (κ3) is 5.49. The number of hydrogen-bond donors (Lipinski definition) is 2. The molecule has 1 aliphatic rings. The Hall–Kier alpha value is -2.15. The molecule has 1 aliphatic heterocycles. The topological polar surface area (TPSA) is 95.7 Å². The largest absolute Gasteiger partial charge is 0.465 e. The summed E-state index contributed by atoms with van der Waals surface area (Å²) in [6.45, 7) is 6.39. The Bertz CT molecular complexity index is 595. The number of amides is 1. The average molecular weight is 335 g/mol. The predicted molar refractivity (Wildman–Crippen MR) is 91.0 cm³/mol. The standard InChI is InChI=1S/C17H25N3O4/c1-17(2,18-16(21)22)11-13-6-8-19(9-7-13)12-14-4-3-5-15(10-14)20(23)24/h3-5,10,13,18H,6-9,11-12H2,1-2H3,(H,21,22). The van der Waals surface area contributed by atoms with Gasteiger partial charge in [0.05, 0.1) is 4.92 Å². The Labute approximate surface area is 141 Å². The van der Waals surface area contributed by atoms with Crippen LogP contribution in [0.5, 0.6) is 0 Å². The van der Waals surface area contributed by atoms with Crippen molar-refractivity contribution < 1.29 is 14.8 Å². The highest BCUT2D eigenvalue weighted by atomic mass is 16.6. The first-order valence-electron chi connectivity index (χ1n) is 8.22. The van der Waals surface area contributed by atoms with Crippen molar-refractivity contribution in [3.05, 3.63) is 39.9 Å². The van der Waals surface area contributed by atoms with Crippen molar-refractivity contribution in [2.24, 2.45) is 5.92 Å². The fraction of sp³-hybridized carbons (Fsp3) is 0.588. The molecule has 1 saturated heterocycles. The van der Waals surface area contributed by atoms with Gasteiger partial charge < -0.3 is 10.4 Å². The van der Waals surface area contributed by atoms with Crippen LogP contribution >= 0.6 is 0 Å². The van der Waals surface area contributed by atoms with Gasteiger partial charge in [0.2, 0.25) is 0 Å². The van der Waals surface area contributed by atoms with Crippen LogP contribution in [0.25, 0.3) is 0 Å². The molecule has 0 spiro atoms. The highest BCUT2D eigenvalue weighted by Gasteiger charge is 2.28. The van der Waals surface area contributed by atoms with Crippen LogP contribution < -0.4 is 5.32 Å². The maximum absolute atomic E-state index is 10.8. The Morgan fingerprint density at radius 2 is 2.08 bits per heavy atom. The molecule has 1 fully saturated rings. The van der Waals surface area contributed by atoms with Gasteiger partial charge in [-0.2, -0.15) is 0 Å². The van der Waals surface area contributed by atoms with E-state index in [4.69, 9.17) is 5.11 Å². The number of nitrogens with zero attached hydrogens (tertiary/aromatic N) is 2. The van der Waals surface area contributed by atoms with E-state index in [2.05, 4.69) is 10.2 Å². The zero-order valence-electron chi connectivity index (χ0n) is 14.2. The number of benzene rings is 1. The van der Waals surface area contributed by atoms with Crippen molar-refractivity contribution in [1.82, 2.24) is 10.2 Å². The summed E-state index contributed by atoms with van der Waals surface area (Å²) in [7, 11) is 0. The lowest BCUT2D eigenvalue weighted by Crippen LogP contribution is -2.45. The number of nitrogens with one attached hydrogen (secondary N) is 1. The molecule has 132 valence electrons. The van der Waals surface area contributed by atoms with Crippen LogP contribution in [0.3, 0.4) is 0 Å². The lowest BCUT2D eigenvalue weighted by Gasteiger charge is -2.36. The minimum absolute atomic E-state index is 0.129. The number of nitro groups is 1. The van der Waals surface area contributed by atoms with E-state index >= 15 is 0 Å². The number of hydrogen-bond acceptors (Lipinski definition) is 4. The first kappa shape index (κ1) is 18.2. The molecule has 0 aliphatic carbocycles. The Balaban J connectivity index is 1.83. The molecule has 7 heteroatoms. The van der Waals surface area contributed by atoms with Gasteiger partial charge in [-0.05, 0) is 57.7 Å². The first-order valence-corrected chi connectivity index (χ1v) is 8.22. The van der Waals surface area contributed by atoms with Gasteiger partial charge in [0.25, 0.3) is 5.69 Å². The summed E-state index contributed by atoms with van der Waals surface area (Å²) in [5.74, 6) is 0.494. The molecule has 1 heterocycles. The first-order chi connectivity index (χ1) is 11.2. The molecule has 0 unspecified atom stereocenters. The molecule has 7 nitrogen and oxygen atoms in total. The van der Waals surface area contributed by atoms with Crippen LogP contribution in [-0.2, 0) is 6.54 Å².